The lowest BCUT2D eigenvalue weighted by atomic mass is 10.2. The highest BCUT2D eigenvalue weighted by atomic mass is 127. The summed E-state index contributed by atoms with van der Waals surface area (Å²) in [5.41, 5.74) is 1.83. The molecule has 0 atom stereocenters. The Hall–Kier alpha value is -1.98. The minimum Gasteiger partial charge on any atom is -0.493 e. The number of rotatable bonds is 7. The summed E-state index contributed by atoms with van der Waals surface area (Å²) in [4.78, 5) is 11.5. The molecular weight excluding hydrogens is 511 g/mol. The summed E-state index contributed by atoms with van der Waals surface area (Å²) < 4.78 is 18.0. The SMILES string of the molecule is C#CCOC(=O)/C=C/c1cc(I)c(OCc2cccc(Br)c2)c(OC)c1. The molecule has 0 unspecified atom stereocenters. The van der Waals surface area contributed by atoms with Crippen molar-refractivity contribution < 1.29 is 19.0 Å². The van der Waals surface area contributed by atoms with E-state index in [9.17, 15) is 4.79 Å². The molecule has 0 fully saturated rings. The van der Waals surface area contributed by atoms with Crippen molar-refractivity contribution in [2.75, 3.05) is 13.7 Å². The molecule has 2 aromatic carbocycles. The van der Waals surface area contributed by atoms with Gasteiger partial charge in [0.05, 0.1) is 10.7 Å². The second kappa shape index (κ2) is 10.2. The Bertz CT molecular complexity index is 855. The first-order valence-corrected chi connectivity index (χ1v) is 9.43. The molecule has 0 spiro atoms. The van der Waals surface area contributed by atoms with Gasteiger partial charge in [-0.25, -0.2) is 4.79 Å². The van der Waals surface area contributed by atoms with Gasteiger partial charge in [-0.2, -0.15) is 0 Å². The first-order valence-electron chi connectivity index (χ1n) is 7.56. The van der Waals surface area contributed by atoms with Gasteiger partial charge in [-0.3, -0.25) is 0 Å². The smallest absolute Gasteiger partial charge is 0.331 e. The molecule has 0 saturated carbocycles. The zero-order valence-corrected chi connectivity index (χ0v) is 17.7. The van der Waals surface area contributed by atoms with Crippen LogP contribution in [0.1, 0.15) is 11.1 Å². The van der Waals surface area contributed by atoms with Crippen molar-refractivity contribution in [3.8, 4) is 23.8 Å². The molecule has 6 heteroatoms. The Kier molecular flexibility index (Phi) is 8.01. The first-order chi connectivity index (χ1) is 12.5. The van der Waals surface area contributed by atoms with Crippen LogP contribution < -0.4 is 9.47 Å². The maximum Gasteiger partial charge on any atom is 0.331 e. The van der Waals surface area contributed by atoms with Crippen LogP contribution in [0.3, 0.4) is 0 Å². The number of terminal acetylenes is 1. The second-order valence-corrected chi connectivity index (χ2v) is 7.18. The number of methoxy groups -OCH3 is 1. The molecule has 0 amide bonds. The van der Waals surface area contributed by atoms with Crippen LogP contribution in [0.15, 0.2) is 46.9 Å². The number of ether oxygens (including phenoxy) is 3. The molecule has 0 saturated heterocycles. The van der Waals surface area contributed by atoms with Crippen LogP contribution in [-0.4, -0.2) is 19.7 Å². The van der Waals surface area contributed by atoms with E-state index in [-0.39, 0.29) is 6.61 Å². The van der Waals surface area contributed by atoms with Gasteiger partial charge >= 0.3 is 5.97 Å². The van der Waals surface area contributed by atoms with E-state index < -0.39 is 5.97 Å². The van der Waals surface area contributed by atoms with Gasteiger partial charge in [0.25, 0.3) is 0 Å². The van der Waals surface area contributed by atoms with Crippen LogP contribution in [-0.2, 0) is 16.1 Å². The van der Waals surface area contributed by atoms with Crippen molar-refractivity contribution in [1.82, 2.24) is 0 Å². The molecule has 0 aromatic heterocycles. The highest BCUT2D eigenvalue weighted by molar-refractivity contribution is 14.1. The van der Waals surface area contributed by atoms with Crippen molar-refractivity contribution in [2.45, 2.75) is 6.61 Å². The maximum atomic E-state index is 11.5. The highest BCUT2D eigenvalue weighted by Gasteiger charge is 2.11. The van der Waals surface area contributed by atoms with E-state index in [4.69, 9.17) is 20.6 Å². The first kappa shape index (κ1) is 20.3. The van der Waals surface area contributed by atoms with Crippen LogP contribution in [0.5, 0.6) is 11.5 Å². The van der Waals surface area contributed by atoms with E-state index in [0.717, 1.165) is 19.2 Å². The minimum absolute atomic E-state index is 0.0492. The van der Waals surface area contributed by atoms with E-state index in [1.807, 2.05) is 30.3 Å². The lowest BCUT2D eigenvalue weighted by Crippen LogP contribution is -2.01. The molecule has 134 valence electrons. The standard InChI is InChI=1S/C20H16BrIO4/c1-3-9-25-19(23)8-7-14-11-17(22)20(18(12-14)24-2)26-13-15-5-4-6-16(21)10-15/h1,4-8,10-12H,9,13H2,2H3/b8-7+. The van der Waals surface area contributed by atoms with E-state index in [1.165, 1.54) is 6.08 Å². The number of carbonyl (C=O) groups is 1. The molecule has 2 rings (SSSR count). The Morgan fingerprint density at radius 2 is 2.15 bits per heavy atom. The van der Waals surface area contributed by atoms with Gasteiger partial charge in [-0.05, 0) is 64.1 Å². The largest absolute Gasteiger partial charge is 0.493 e. The summed E-state index contributed by atoms with van der Waals surface area (Å²) >= 11 is 5.62. The number of halogens is 2. The molecule has 0 bridgehead atoms. The molecule has 4 nitrogen and oxygen atoms in total. The van der Waals surface area contributed by atoms with Crippen LogP contribution >= 0.6 is 38.5 Å². The molecule has 0 aliphatic carbocycles. The topological polar surface area (TPSA) is 44.8 Å². The van der Waals surface area contributed by atoms with Crippen LogP contribution in [0.25, 0.3) is 6.08 Å². The average molecular weight is 527 g/mol. The zero-order chi connectivity index (χ0) is 18.9. The zero-order valence-electron chi connectivity index (χ0n) is 14.0. The molecule has 2 aromatic rings. The fraction of sp³-hybridized carbons (Fsp3) is 0.150. The summed E-state index contributed by atoms with van der Waals surface area (Å²) in [6.45, 7) is 0.367. The Labute approximate surface area is 174 Å². The Balaban J connectivity index is 2.14. The van der Waals surface area contributed by atoms with Crippen molar-refractivity contribution in [3.63, 3.8) is 0 Å². The number of hydrogen-bond acceptors (Lipinski definition) is 4. The highest BCUT2D eigenvalue weighted by Crippen LogP contribution is 2.35. The van der Waals surface area contributed by atoms with E-state index in [1.54, 1.807) is 19.3 Å². The van der Waals surface area contributed by atoms with Crippen molar-refractivity contribution in [1.29, 1.82) is 0 Å². The second-order valence-electron chi connectivity index (χ2n) is 5.10. The van der Waals surface area contributed by atoms with Gasteiger partial charge in [0.1, 0.15) is 6.61 Å². The molecule has 26 heavy (non-hydrogen) atoms. The molecule has 0 N–H and O–H groups in total. The fourth-order valence-corrected chi connectivity index (χ4v) is 3.31. The quantitative estimate of drug-likeness (QED) is 0.224. The molecule has 0 heterocycles. The lowest BCUT2D eigenvalue weighted by Gasteiger charge is -2.14. The van der Waals surface area contributed by atoms with Gasteiger partial charge in [-0.15, -0.1) is 6.42 Å². The van der Waals surface area contributed by atoms with Gasteiger partial charge in [0, 0.05) is 10.5 Å². The third-order valence-electron chi connectivity index (χ3n) is 3.23. The van der Waals surface area contributed by atoms with Crippen LogP contribution in [0.2, 0.25) is 0 Å². The maximum absolute atomic E-state index is 11.5. The fourth-order valence-electron chi connectivity index (χ4n) is 2.08. The van der Waals surface area contributed by atoms with E-state index in [2.05, 4.69) is 44.4 Å². The Morgan fingerprint density at radius 1 is 1.35 bits per heavy atom. The third-order valence-corrected chi connectivity index (χ3v) is 4.53. The number of benzene rings is 2. The molecule has 0 aliphatic heterocycles. The molecule has 0 radical (unpaired) electrons. The van der Waals surface area contributed by atoms with Crippen LogP contribution in [0, 0.1) is 15.9 Å². The van der Waals surface area contributed by atoms with Gasteiger partial charge in [-0.1, -0.05) is 34.0 Å². The van der Waals surface area contributed by atoms with Crippen molar-refractivity contribution in [3.05, 3.63) is 61.6 Å². The molecule has 0 aliphatic rings. The summed E-state index contributed by atoms with van der Waals surface area (Å²) in [6.07, 6.45) is 8.02. The summed E-state index contributed by atoms with van der Waals surface area (Å²) in [7, 11) is 1.58. The van der Waals surface area contributed by atoms with Gasteiger partial charge in [0.2, 0.25) is 0 Å². The number of carbonyl (C=O) groups excluding carboxylic acids is 1. The summed E-state index contributed by atoms with van der Waals surface area (Å²) in [5.74, 6) is 2.99. The monoisotopic (exact) mass is 526 g/mol. The normalized spacial score (nSPS) is 10.4. The summed E-state index contributed by atoms with van der Waals surface area (Å²) in [5, 5.41) is 0. The predicted octanol–water partition coefficient (Wildman–Crippen LogP) is 4.83. The number of esters is 1. The Morgan fingerprint density at radius 3 is 2.85 bits per heavy atom. The van der Waals surface area contributed by atoms with Crippen molar-refractivity contribution >= 4 is 50.6 Å². The minimum atomic E-state index is -0.494. The van der Waals surface area contributed by atoms with E-state index in [0.29, 0.717) is 18.1 Å². The lowest BCUT2D eigenvalue weighted by molar-refractivity contribution is -0.136. The summed E-state index contributed by atoms with van der Waals surface area (Å²) in [6, 6.07) is 11.6. The van der Waals surface area contributed by atoms with Crippen LogP contribution in [0.4, 0.5) is 0 Å². The third kappa shape index (κ3) is 6.07. The van der Waals surface area contributed by atoms with Gasteiger partial charge < -0.3 is 14.2 Å². The van der Waals surface area contributed by atoms with E-state index >= 15 is 0 Å². The average Bonchev–Trinajstić information content (AvgIpc) is 2.63. The predicted molar refractivity (Wildman–Crippen MR) is 113 cm³/mol. The van der Waals surface area contributed by atoms with Gasteiger partial charge in [0.15, 0.2) is 18.1 Å². The van der Waals surface area contributed by atoms with Crippen molar-refractivity contribution in [2.24, 2.45) is 0 Å². The molecular formula is C20H16BrIO4. The number of hydrogen-bond donors (Lipinski definition) is 0.